The maximum atomic E-state index is 16.2. The Balaban J connectivity index is 1.35. The number of nitrogen functional groups attached to an aromatic ring is 1. The summed E-state index contributed by atoms with van der Waals surface area (Å²) >= 11 is 2.12. The van der Waals surface area contributed by atoms with Gasteiger partial charge in [-0.15, -0.1) is 22.7 Å². The fourth-order valence-corrected chi connectivity index (χ4v) is 6.29. The molecule has 1 aliphatic heterocycles. The number of hydrogen-bond acceptors (Lipinski definition) is 11. The van der Waals surface area contributed by atoms with E-state index >= 15 is 4.39 Å². The molecule has 0 radical (unpaired) electrons. The van der Waals surface area contributed by atoms with Crippen LogP contribution in [0.3, 0.4) is 0 Å². The summed E-state index contributed by atoms with van der Waals surface area (Å²) in [4.78, 5) is 32.8. The molecule has 5 aromatic rings. The number of thiophene rings is 1. The average Bonchev–Trinajstić information content (AvgIpc) is 3.64. The van der Waals surface area contributed by atoms with Gasteiger partial charge >= 0.3 is 6.01 Å². The van der Waals surface area contributed by atoms with Crippen LogP contribution in [0.25, 0.3) is 38.3 Å². The van der Waals surface area contributed by atoms with Crippen LogP contribution >= 0.6 is 22.7 Å². The monoisotopic (exact) mass is 608 g/mol. The Morgan fingerprint density at radius 1 is 1.19 bits per heavy atom. The van der Waals surface area contributed by atoms with Crippen LogP contribution in [0.5, 0.6) is 6.01 Å². The lowest BCUT2D eigenvalue weighted by atomic mass is 10.0. The zero-order valence-corrected chi connectivity index (χ0v) is 23.4. The van der Waals surface area contributed by atoms with Gasteiger partial charge in [-0.25, -0.2) is 18.2 Å². The van der Waals surface area contributed by atoms with Gasteiger partial charge in [-0.1, -0.05) is 0 Å². The topological polar surface area (TPSA) is 134 Å². The van der Waals surface area contributed by atoms with Crippen molar-refractivity contribution in [3.8, 4) is 23.3 Å². The first-order valence-corrected chi connectivity index (χ1v) is 14.1. The largest absolute Gasteiger partial charge is 0.467 e. The molecule has 10 nitrogen and oxygen atoms in total. The highest BCUT2D eigenvalue weighted by Gasteiger charge is 2.28. The molecule has 0 unspecified atom stereocenters. The smallest absolute Gasteiger partial charge is 0.318 e. The Hall–Kier alpha value is -4.81. The van der Waals surface area contributed by atoms with Gasteiger partial charge in [-0.05, 0) is 12.1 Å². The predicted octanol–water partition coefficient (Wildman–Crippen LogP) is 4.76. The number of pyridine rings is 1. The van der Waals surface area contributed by atoms with Crippen LogP contribution in [0.2, 0.25) is 0 Å². The predicted molar refractivity (Wildman–Crippen MR) is 154 cm³/mol. The minimum atomic E-state index is -0.909. The number of thiazole rings is 1. The number of nitrogens with two attached hydrogens (primary N) is 1. The standard InChI is InChI=1S/C27H19F3N8O2S2/c1-40-27-35-22-15(12-34-21(20(22)30)13-2-3-16(28)23-19(13)14(11-31)24(32)42-23)25(36-27)37-5-7-38(8-6-37)26(39)17(29)10-18-33-4-9-41-18/h2-4,9-10,12H,5-8,32H2,1H3/b17-10-. The fourth-order valence-electron chi connectivity index (χ4n) is 4.79. The number of nitriles is 1. The van der Waals surface area contributed by atoms with E-state index in [4.69, 9.17) is 10.5 Å². The summed E-state index contributed by atoms with van der Waals surface area (Å²) < 4.78 is 50.7. The first-order valence-electron chi connectivity index (χ1n) is 12.4. The number of carbonyl (C=O) groups is 1. The second kappa shape index (κ2) is 10.9. The number of halogens is 3. The lowest BCUT2D eigenvalue weighted by Gasteiger charge is -2.35. The summed E-state index contributed by atoms with van der Waals surface area (Å²) in [5.41, 5.74) is 5.93. The number of methoxy groups -OCH3 is 1. The quantitative estimate of drug-likeness (QED) is 0.280. The van der Waals surface area contributed by atoms with E-state index in [-0.39, 0.29) is 75.0 Å². The van der Waals surface area contributed by atoms with E-state index in [1.807, 2.05) is 11.0 Å². The molecule has 0 atom stereocenters. The molecule has 0 spiro atoms. The van der Waals surface area contributed by atoms with Gasteiger partial charge in [-0.3, -0.25) is 9.78 Å². The zero-order valence-electron chi connectivity index (χ0n) is 21.8. The summed E-state index contributed by atoms with van der Waals surface area (Å²) in [6.45, 7) is 0.911. The number of anilines is 2. The van der Waals surface area contributed by atoms with Crippen molar-refractivity contribution >= 4 is 66.5 Å². The van der Waals surface area contributed by atoms with E-state index in [1.165, 1.54) is 47.9 Å². The molecule has 1 fully saturated rings. The molecule has 1 aliphatic rings. The van der Waals surface area contributed by atoms with Crippen molar-refractivity contribution in [1.82, 2.24) is 24.8 Å². The number of benzene rings is 1. The summed E-state index contributed by atoms with van der Waals surface area (Å²) in [6.07, 6.45) is 4.02. The maximum Gasteiger partial charge on any atom is 0.318 e. The molecular formula is C27H19F3N8O2S2. The fraction of sp³-hybridized carbons (Fsp3) is 0.185. The van der Waals surface area contributed by atoms with Gasteiger partial charge in [0.2, 0.25) is 0 Å². The number of fused-ring (bicyclic) bond motifs is 2. The Labute approximate surface area is 244 Å². The highest BCUT2D eigenvalue weighted by Crippen LogP contribution is 2.42. The molecule has 5 heterocycles. The van der Waals surface area contributed by atoms with E-state index in [2.05, 4.69) is 19.9 Å². The van der Waals surface area contributed by atoms with Crippen LogP contribution in [0.4, 0.5) is 24.0 Å². The molecule has 2 N–H and O–H groups in total. The molecule has 1 aromatic carbocycles. The second-order valence-electron chi connectivity index (χ2n) is 9.11. The number of aromatic nitrogens is 4. The number of amides is 1. The van der Waals surface area contributed by atoms with Gasteiger partial charge in [0.1, 0.15) is 38.9 Å². The number of nitrogens with zero attached hydrogens (tertiary/aromatic N) is 7. The van der Waals surface area contributed by atoms with E-state index in [0.717, 1.165) is 17.4 Å². The van der Waals surface area contributed by atoms with Gasteiger partial charge in [0.25, 0.3) is 5.91 Å². The molecule has 15 heteroatoms. The van der Waals surface area contributed by atoms with Crippen molar-refractivity contribution in [1.29, 1.82) is 5.26 Å². The van der Waals surface area contributed by atoms with Crippen LogP contribution < -0.4 is 15.4 Å². The summed E-state index contributed by atoms with van der Waals surface area (Å²) in [6, 6.07) is 4.38. The van der Waals surface area contributed by atoms with Crippen LogP contribution in [0, 0.1) is 23.0 Å². The number of ether oxygens (including phenoxy) is 1. The Bertz CT molecular complexity index is 1930. The van der Waals surface area contributed by atoms with Crippen molar-refractivity contribution in [3.63, 3.8) is 0 Å². The van der Waals surface area contributed by atoms with Crippen molar-refractivity contribution in [2.24, 2.45) is 0 Å². The molecule has 42 heavy (non-hydrogen) atoms. The number of hydrogen-bond donors (Lipinski definition) is 1. The number of piperazine rings is 1. The molecule has 0 bridgehead atoms. The molecule has 1 saturated heterocycles. The third kappa shape index (κ3) is 4.64. The van der Waals surface area contributed by atoms with Crippen molar-refractivity contribution in [2.75, 3.05) is 43.9 Å². The molecular weight excluding hydrogens is 589 g/mol. The summed E-state index contributed by atoms with van der Waals surface area (Å²) in [5, 5.41) is 12.3. The highest BCUT2D eigenvalue weighted by atomic mass is 32.1. The van der Waals surface area contributed by atoms with E-state index in [0.29, 0.717) is 10.8 Å². The summed E-state index contributed by atoms with van der Waals surface area (Å²) in [5.74, 6) is -2.74. The third-order valence-electron chi connectivity index (χ3n) is 6.78. The van der Waals surface area contributed by atoms with Crippen LogP contribution in [0.15, 0.2) is 35.7 Å². The lowest BCUT2D eigenvalue weighted by molar-refractivity contribution is -0.128. The van der Waals surface area contributed by atoms with Gasteiger partial charge < -0.3 is 20.3 Å². The van der Waals surface area contributed by atoms with Crippen molar-refractivity contribution < 1.29 is 22.7 Å². The summed E-state index contributed by atoms with van der Waals surface area (Å²) in [7, 11) is 1.34. The molecule has 0 aliphatic carbocycles. The first kappa shape index (κ1) is 27.4. The minimum Gasteiger partial charge on any atom is -0.467 e. The van der Waals surface area contributed by atoms with Gasteiger partial charge in [0.05, 0.1) is 22.8 Å². The molecule has 0 saturated carbocycles. The Kier molecular flexibility index (Phi) is 7.09. The van der Waals surface area contributed by atoms with Gasteiger partial charge in [0.15, 0.2) is 11.6 Å². The molecule has 6 rings (SSSR count). The van der Waals surface area contributed by atoms with Crippen LogP contribution in [0.1, 0.15) is 10.6 Å². The van der Waals surface area contributed by atoms with Gasteiger partial charge in [0, 0.05) is 61.0 Å². The Morgan fingerprint density at radius 3 is 2.67 bits per heavy atom. The van der Waals surface area contributed by atoms with Gasteiger partial charge in [-0.2, -0.15) is 15.2 Å². The number of rotatable bonds is 5. The SMILES string of the molecule is COc1nc(N2CCN(C(=O)/C(F)=C/c3nccs3)CC2)c2cnc(-c3ccc(F)c4sc(N)c(C#N)c34)c(F)c2n1. The average molecular weight is 609 g/mol. The number of carbonyl (C=O) groups excluding carboxylic acids is 1. The van der Waals surface area contributed by atoms with E-state index < -0.39 is 23.4 Å². The van der Waals surface area contributed by atoms with Crippen LogP contribution in [-0.4, -0.2) is 64.0 Å². The van der Waals surface area contributed by atoms with Crippen LogP contribution in [-0.2, 0) is 4.79 Å². The van der Waals surface area contributed by atoms with E-state index in [1.54, 1.807) is 5.38 Å². The van der Waals surface area contributed by atoms with Crippen molar-refractivity contribution in [2.45, 2.75) is 0 Å². The minimum absolute atomic E-state index is 0.0390. The Morgan fingerprint density at radius 2 is 1.98 bits per heavy atom. The van der Waals surface area contributed by atoms with Crippen molar-refractivity contribution in [3.05, 3.63) is 57.9 Å². The van der Waals surface area contributed by atoms with E-state index in [9.17, 15) is 18.8 Å². The molecule has 1 amide bonds. The first-order chi connectivity index (χ1) is 20.3. The zero-order chi connectivity index (χ0) is 29.5. The normalized spacial score (nSPS) is 14.0. The highest BCUT2D eigenvalue weighted by molar-refractivity contribution is 7.23. The lowest BCUT2D eigenvalue weighted by Crippen LogP contribution is -2.49. The second-order valence-corrected chi connectivity index (χ2v) is 11.1. The molecule has 4 aromatic heterocycles. The maximum absolute atomic E-state index is 16.2. The third-order valence-corrected chi connectivity index (χ3v) is 8.53. The molecule has 212 valence electrons.